The summed E-state index contributed by atoms with van der Waals surface area (Å²) >= 11 is 0. The van der Waals surface area contributed by atoms with Crippen LogP contribution >= 0.6 is 0 Å². The van der Waals surface area contributed by atoms with Crippen LogP contribution in [0.3, 0.4) is 0 Å². The van der Waals surface area contributed by atoms with Crippen LogP contribution in [-0.2, 0) is 21.2 Å². The predicted octanol–water partition coefficient (Wildman–Crippen LogP) is 2.67. The molecule has 0 spiro atoms. The summed E-state index contributed by atoms with van der Waals surface area (Å²) in [7, 11) is -6.99. The molecule has 8 heteroatoms. The Morgan fingerprint density at radius 2 is 1.32 bits per heavy atom. The zero-order valence-corrected chi connectivity index (χ0v) is 16.3. The Kier molecular flexibility index (Phi) is 6.39. The summed E-state index contributed by atoms with van der Waals surface area (Å²) in [5.41, 5.74) is 0. The van der Waals surface area contributed by atoms with E-state index in [1.165, 1.54) is 0 Å². The van der Waals surface area contributed by atoms with E-state index in [0.29, 0.717) is 0 Å². The van der Waals surface area contributed by atoms with Crippen molar-refractivity contribution in [3.8, 4) is 0 Å². The number of rotatable bonds is 6. The fourth-order valence-electron chi connectivity index (χ4n) is 2.01. The van der Waals surface area contributed by atoms with Crippen molar-refractivity contribution in [3.05, 3.63) is 0 Å². The highest BCUT2D eigenvalue weighted by Crippen LogP contribution is 2.29. The van der Waals surface area contributed by atoms with E-state index in [1.807, 2.05) is 33.5 Å². The van der Waals surface area contributed by atoms with Crippen molar-refractivity contribution < 1.29 is 21.2 Å². The van der Waals surface area contributed by atoms with E-state index in [-0.39, 0.29) is 12.2 Å². The minimum absolute atomic E-state index is 0.137. The van der Waals surface area contributed by atoms with E-state index < -0.39 is 26.9 Å². The van der Waals surface area contributed by atoms with Gasteiger partial charge in [0.15, 0.2) is 0 Å². The molecule has 0 saturated carbocycles. The van der Waals surface area contributed by atoms with Gasteiger partial charge in [-0.1, -0.05) is 13.8 Å². The highest BCUT2D eigenvalue weighted by Gasteiger charge is 2.55. The molecule has 114 valence electrons. The van der Waals surface area contributed by atoms with Crippen LogP contribution in [-0.4, -0.2) is 39.1 Å². The minimum atomic E-state index is -2.63. The molecule has 5 nitrogen and oxygen atoms in total. The third-order valence-electron chi connectivity index (χ3n) is 3.11. The minimum Gasteiger partial charge on any atom is -0.396 e. The van der Waals surface area contributed by atoms with Crippen molar-refractivity contribution in [2.45, 2.75) is 72.4 Å². The molecule has 0 N–H and O–H groups in total. The topological polar surface area (TPSA) is 46.2 Å². The van der Waals surface area contributed by atoms with Gasteiger partial charge in [0, 0.05) is 25.3 Å². The van der Waals surface area contributed by atoms with Gasteiger partial charge in [-0.25, -0.2) is 0 Å². The number of hydrogen-bond acceptors (Lipinski definition) is 5. The fraction of sp³-hybridized carbons (Fsp3) is 1.00. The van der Waals surface area contributed by atoms with Gasteiger partial charge in [-0.2, -0.15) is 0 Å². The van der Waals surface area contributed by atoms with Crippen molar-refractivity contribution in [1.29, 1.82) is 0 Å². The molecule has 4 unspecified atom stereocenters. The monoisotopic (exact) mass is 324 g/mol. The lowest BCUT2D eigenvalue weighted by Crippen LogP contribution is -2.65. The molecule has 0 bridgehead atoms. The van der Waals surface area contributed by atoms with Gasteiger partial charge >= 0.3 is 26.9 Å². The normalized spacial score (nSPS) is 39.0. The smallest absolute Gasteiger partial charge is 0.396 e. The standard InChI is InChI=1S/C11H28O5Si3/c1-8-10(3)12-18(6)14-17(5)15-19(7,16-18)13-11(4)9-2/h10-11,17H,8-9H2,1-7H3. The lowest BCUT2D eigenvalue weighted by molar-refractivity contribution is 0.0326. The Morgan fingerprint density at radius 1 is 0.947 bits per heavy atom. The first kappa shape index (κ1) is 17.5. The van der Waals surface area contributed by atoms with Crippen LogP contribution in [0.25, 0.3) is 0 Å². The molecule has 0 aromatic heterocycles. The van der Waals surface area contributed by atoms with Crippen LogP contribution in [0.15, 0.2) is 0 Å². The largest absolute Gasteiger partial charge is 0.481 e. The molecule has 4 atom stereocenters. The summed E-state index contributed by atoms with van der Waals surface area (Å²) in [6, 6.07) is 0. The van der Waals surface area contributed by atoms with Crippen molar-refractivity contribution in [2.75, 3.05) is 0 Å². The molecule has 1 aliphatic rings. The van der Waals surface area contributed by atoms with Gasteiger partial charge in [-0.05, 0) is 33.2 Å². The molecule has 0 radical (unpaired) electrons. The first-order valence-electron chi connectivity index (χ1n) is 7.13. The molecule has 1 heterocycles. The Balaban J connectivity index is 2.75. The van der Waals surface area contributed by atoms with Gasteiger partial charge < -0.3 is 21.2 Å². The maximum absolute atomic E-state index is 6.10. The maximum Gasteiger partial charge on any atom is 0.481 e. The molecule has 0 aromatic carbocycles. The molecule has 1 fully saturated rings. The summed E-state index contributed by atoms with van der Waals surface area (Å²) in [5, 5.41) is 0. The van der Waals surface area contributed by atoms with Gasteiger partial charge in [0.1, 0.15) is 0 Å². The summed E-state index contributed by atoms with van der Waals surface area (Å²) < 4.78 is 30.0. The molecule has 0 aromatic rings. The number of hydrogen-bond donors (Lipinski definition) is 0. The fourth-order valence-corrected chi connectivity index (χ4v) is 14.0. The molecule has 1 rings (SSSR count). The quantitative estimate of drug-likeness (QED) is 0.703. The molecule has 19 heavy (non-hydrogen) atoms. The second kappa shape index (κ2) is 6.94. The molecule has 0 aliphatic carbocycles. The Labute approximate surface area is 121 Å². The highest BCUT2D eigenvalue weighted by atomic mass is 28.5. The van der Waals surface area contributed by atoms with Crippen molar-refractivity contribution >= 4 is 26.9 Å². The summed E-state index contributed by atoms with van der Waals surface area (Å²) in [4.78, 5) is 0. The highest BCUT2D eigenvalue weighted by molar-refractivity contribution is 6.83. The lowest BCUT2D eigenvalue weighted by atomic mass is 10.3. The van der Waals surface area contributed by atoms with Crippen LogP contribution in [0.1, 0.15) is 40.5 Å². The maximum atomic E-state index is 6.10. The zero-order valence-electron chi connectivity index (χ0n) is 13.2. The van der Waals surface area contributed by atoms with E-state index >= 15 is 0 Å². The van der Waals surface area contributed by atoms with Crippen LogP contribution in [0.2, 0.25) is 19.6 Å². The van der Waals surface area contributed by atoms with Crippen LogP contribution < -0.4 is 0 Å². The predicted molar refractivity (Wildman–Crippen MR) is 81.2 cm³/mol. The van der Waals surface area contributed by atoms with Crippen LogP contribution in [0.4, 0.5) is 0 Å². The average Bonchev–Trinajstić information content (AvgIpc) is 2.25. The van der Waals surface area contributed by atoms with E-state index in [1.54, 1.807) is 0 Å². The van der Waals surface area contributed by atoms with Gasteiger partial charge in [-0.15, -0.1) is 0 Å². The molecular formula is C11H28O5Si3. The summed E-state index contributed by atoms with van der Waals surface area (Å²) in [5.74, 6) is 0. The lowest BCUT2D eigenvalue weighted by Gasteiger charge is -2.44. The van der Waals surface area contributed by atoms with E-state index in [4.69, 9.17) is 21.2 Å². The molecular weight excluding hydrogens is 296 g/mol. The van der Waals surface area contributed by atoms with Gasteiger partial charge in [0.25, 0.3) is 0 Å². The third-order valence-corrected chi connectivity index (χ3v) is 13.8. The van der Waals surface area contributed by atoms with Crippen molar-refractivity contribution in [1.82, 2.24) is 0 Å². The molecule has 1 saturated heterocycles. The average molecular weight is 325 g/mol. The molecule has 0 amide bonds. The van der Waals surface area contributed by atoms with Crippen LogP contribution in [0.5, 0.6) is 0 Å². The van der Waals surface area contributed by atoms with E-state index in [9.17, 15) is 0 Å². The second-order valence-corrected chi connectivity index (χ2v) is 13.1. The Morgan fingerprint density at radius 3 is 1.63 bits per heavy atom. The second-order valence-electron chi connectivity index (χ2n) is 5.30. The van der Waals surface area contributed by atoms with E-state index in [2.05, 4.69) is 13.8 Å². The van der Waals surface area contributed by atoms with Crippen molar-refractivity contribution in [2.24, 2.45) is 0 Å². The van der Waals surface area contributed by atoms with Gasteiger partial charge in [0.05, 0.1) is 0 Å². The van der Waals surface area contributed by atoms with Crippen LogP contribution in [0, 0.1) is 0 Å². The third kappa shape index (κ3) is 5.38. The summed E-state index contributed by atoms with van der Waals surface area (Å²) in [6.07, 6.45) is 2.16. The van der Waals surface area contributed by atoms with Crippen molar-refractivity contribution in [3.63, 3.8) is 0 Å². The molecule has 1 aliphatic heterocycles. The van der Waals surface area contributed by atoms with Gasteiger partial charge in [0.2, 0.25) is 0 Å². The Hall–Kier alpha value is 0.451. The zero-order chi connectivity index (χ0) is 14.7. The Bertz CT molecular complexity index is 270. The van der Waals surface area contributed by atoms with Gasteiger partial charge in [-0.3, -0.25) is 0 Å². The SMILES string of the molecule is CCC(C)O[Si]1(C)O[SiH](C)O[Si](C)(OC(C)CC)O1. The first-order valence-corrected chi connectivity index (χ1v) is 13.7. The first-order chi connectivity index (χ1) is 8.72. The van der Waals surface area contributed by atoms with E-state index in [0.717, 1.165) is 12.8 Å². The summed E-state index contributed by atoms with van der Waals surface area (Å²) in [6.45, 7) is 14.2.